The van der Waals surface area contributed by atoms with Gasteiger partial charge in [0.1, 0.15) is 12.4 Å². The Labute approximate surface area is 159 Å². The number of ether oxygens (including phenoxy) is 1. The van der Waals surface area contributed by atoms with Gasteiger partial charge in [-0.15, -0.1) is 0 Å². The highest BCUT2D eigenvalue weighted by Crippen LogP contribution is 2.37. The van der Waals surface area contributed by atoms with E-state index in [0.29, 0.717) is 23.3 Å². The first-order valence-electron chi connectivity index (χ1n) is 9.33. The van der Waals surface area contributed by atoms with Gasteiger partial charge in [-0.25, -0.2) is 4.99 Å². The highest BCUT2D eigenvalue weighted by atomic mass is 16.9. The summed E-state index contributed by atoms with van der Waals surface area (Å²) >= 11 is 0. The van der Waals surface area contributed by atoms with Gasteiger partial charge in [0.05, 0.1) is 12.8 Å². The molecule has 1 aliphatic heterocycles. The standard InChI is InChI=1S/C19H27N4O4/c1-22-17(24)19(21-18(22)20,12-14-8-4-3-5-9-14)13-27-16-11-7-6-10-15(16)23(25)26-2/h6-7,10-11,14H,3-5,8-9,12-13H2,1-2H3,(H2,20,21)/q-1. The molecule has 1 aromatic carbocycles. The lowest BCUT2D eigenvalue weighted by atomic mass is 9.79. The molecule has 3 rings (SSSR count). The predicted octanol–water partition coefficient (Wildman–Crippen LogP) is 2.43. The summed E-state index contributed by atoms with van der Waals surface area (Å²) in [6.45, 7) is 0.0297. The van der Waals surface area contributed by atoms with E-state index in [2.05, 4.69) is 4.99 Å². The smallest absolute Gasteiger partial charge is 0.260 e. The number of nitrogens with two attached hydrogens (primary N) is 1. The Balaban J connectivity index is 1.82. The van der Waals surface area contributed by atoms with Gasteiger partial charge in [0.25, 0.3) is 5.91 Å². The monoisotopic (exact) mass is 375 g/mol. The normalized spacial score (nSPS) is 23.4. The zero-order valence-corrected chi connectivity index (χ0v) is 15.9. The van der Waals surface area contributed by atoms with Crippen molar-refractivity contribution in [3.8, 4) is 5.75 Å². The first kappa shape index (κ1) is 19.4. The van der Waals surface area contributed by atoms with Crippen LogP contribution in [0.5, 0.6) is 5.75 Å². The van der Waals surface area contributed by atoms with Crippen LogP contribution in [0.2, 0.25) is 0 Å². The Morgan fingerprint density at radius 3 is 2.67 bits per heavy atom. The Kier molecular flexibility index (Phi) is 5.86. The maximum Gasteiger partial charge on any atom is 0.260 e. The number of hydrogen-bond acceptors (Lipinski definition) is 7. The predicted molar refractivity (Wildman–Crippen MR) is 103 cm³/mol. The topological polar surface area (TPSA) is 103 Å². The van der Waals surface area contributed by atoms with Crippen molar-refractivity contribution >= 4 is 17.6 Å². The fraction of sp³-hybridized carbons (Fsp3) is 0.579. The van der Waals surface area contributed by atoms with Crippen LogP contribution in [0.4, 0.5) is 5.69 Å². The molecule has 148 valence electrons. The number of carbonyl (C=O) groups excluding carboxylic acids is 1. The molecule has 1 fully saturated rings. The molecule has 0 saturated heterocycles. The number of carbonyl (C=O) groups is 1. The molecule has 2 aliphatic rings. The molecular formula is C19H27N4O4-. The maximum atomic E-state index is 13.0. The zero-order chi connectivity index (χ0) is 19.4. The summed E-state index contributed by atoms with van der Waals surface area (Å²) < 4.78 is 5.92. The zero-order valence-electron chi connectivity index (χ0n) is 15.9. The molecule has 1 heterocycles. The minimum Gasteiger partial charge on any atom is -0.733 e. The molecule has 0 aromatic heterocycles. The van der Waals surface area contributed by atoms with Crippen molar-refractivity contribution in [2.24, 2.45) is 16.6 Å². The van der Waals surface area contributed by atoms with Crippen LogP contribution in [0.15, 0.2) is 29.3 Å². The third kappa shape index (κ3) is 4.01. The Morgan fingerprint density at radius 2 is 2.04 bits per heavy atom. The number of anilines is 1. The minimum atomic E-state index is -1.05. The summed E-state index contributed by atoms with van der Waals surface area (Å²) in [7, 11) is 2.91. The first-order valence-corrected chi connectivity index (χ1v) is 9.33. The van der Waals surface area contributed by atoms with Gasteiger partial charge in [-0.3, -0.25) is 14.5 Å². The van der Waals surface area contributed by atoms with Crippen LogP contribution < -0.4 is 15.7 Å². The van der Waals surface area contributed by atoms with E-state index in [1.54, 1.807) is 31.3 Å². The van der Waals surface area contributed by atoms with Crippen molar-refractivity contribution in [2.75, 3.05) is 26.0 Å². The number of guanidine groups is 1. The molecule has 1 aromatic rings. The van der Waals surface area contributed by atoms with Crippen LogP contribution in [-0.4, -0.2) is 43.1 Å². The van der Waals surface area contributed by atoms with Gasteiger partial charge in [0.2, 0.25) is 0 Å². The van der Waals surface area contributed by atoms with Gasteiger partial charge in [-0.2, -0.15) is 0 Å². The van der Waals surface area contributed by atoms with Crippen LogP contribution >= 0.6 is 0 Å². The van der Waals surface area contributed by atoms with Gasteiger partial charge < -0.3 is 20.9 Å². The average Bonchev–Trinajstić information content (AvgIpc) is 2.90. The lowest BCUT2D eigenvalue weighted by Crippen LogP contribution is -2.47. The number of para-hydroxylation sites is 2. The highest BCUT2D eigenvalue weighted by Gasteiger charge is 2.48. The molecule has 1 unspecified atom stereocenters. The van der Waals surface area contributed by atoms with E-state index in [9.17, 15) is 10.0 Å². The number of nitrogens with zero attached hydrogens (tertiary/aromatic N) is 3. The fourth-order valence-corrected chi connectivity index (χ4v) is 3.94. The summed E-state index contributed by atoms with van der Waals surface area (Å²) in [5.41, 5.74) is 5.13. The van der Waals surface area contributed by atoms with Crippen molar-refractivity contribution in [3.05, 3.63) is 29.5 Å². The molecule has 1 amide bonds. The van der Waals surface area contributed by atoms with E-state index in [4.69, 9.17) is 15.3 Å². The number of likely N-dealkylation sites (N-methyl/N-ethyl adjacent to an activating group) is 1. The van der Waals surface area contributed by atoms with Crippen LogP contribution in [0.3, 0.4) is 0 Å². The van der Waals surface area contributed by atoms with E-state index in [1.807, 2.05) is 0 Å². The molecular weight excluding hydrogens is 348 g/mol. The molecule has 0 bridgehead atoms. The number of rotatable bonds is 7. The van der Waals surface area contributed by atoms with Crippen molar-refractivity contribution in [3.63, 3.8) is 0 Å². The molecule has 0 spiro atoms. The van der Waals surface area contributed by atoms with Gasteiger partial charge in [0, 0.05) is 7.05 Å². The maximum absolute atomic E-state index is 13.0. The van der Waals surface area contributed by atoms with Crippen LogP contribution in [0.1, 0.15) is 38.5 Å². The minimum absolute atomic E-state index is 0.0297. The second kappa shape index (κ2) is 8.14. The molecule has 2 N–H and O–H groups in total. The number of hydrogen-bond donors (Lipinski definition) is 1. The molecule has 1 atom stereocenters. The Bertz CT molecular complexity index is 705. The third-order valence-electron chi connectivity index (χ3n) is 5.42. The summed E-state index contributed by atoms with van der Waals surface area (Å²) in [5.74, 6) is 0.803. The van der Waals surface area contributed by atoms with Gasteiger partial charge in [0.15, 0.2) is 11.5 Å². The summed E-state index contributed by atoms with van der Waals surface area (Å²) in [6, 6.07) is 6.74. The molecule has 27 heavy (non-hydrogen) atoms. The quantitative estimate of drug-likeness (QED) is 0.734. The van der Waals surface area contributed by atoms with E-state index in [1.165, 1.54) is 31.3 Å². The fourth-order valence-electron chi connectivity index (χ4n) is 3.94. The average molecular weight is 375 g/mol. The van der Waals surface area contributed by atoms with Gasteiger partial charge >= 0.3 is 0 Å². The molecule has 1 saturated carbocycles. The molecule has 0 radical (unpaired) electrons. The third-order valence-corrected chi connectivity index (χ3v) is 5.42. The van der Waals surface area contributed by atoms with Crippen molar-refractivity contribution in [2.45, 2.75) is 44.1 Å². The Morgan fingerprint density at radius 1 is 1.33 bits per heavy atom. The second-order valence-electron chi connectivity index (χ2n) is 7.27. The summed E-state index contributed by atoms with van der Waals surface area (Å²) in [5, 5.41) is 12.3. The largest absolute Gasteiger partial charge is 0.733 e. The van der Waals surface area contributed by atoms with Crippen LogP contribution in [0, 0.1) is 11.1 Å². The van der Waals surface area contributed by atoms with Crippen molar-refractivity contribution in [1.29, 1.82) is 0 Å². The van der Waals surface area contributed by atoms with Crippen molar-refractivity contribution in [1.82, 2.24) is 4.90 Å². The van der Waals surface area contributed by atoms with Gasteiger partial charge in [-0.1, -0.05) is 44.2 Å². The molecule has 1 aliphatic carbocycles. The molecule has 8 heteroatoms. The number of benzene rings is 1. The summed E-state index contributed by atoms with van der Waals surface area (Å²) in [6.07, 6.45) is 6.36. The second-order valence-corrected chi connectivity index (χ2v) is 7.27. The lowest BCUT2D eigenvalue weighted by molar-refractivity contribution is -0.132. The Hall–Kier alpha value is -2.32. The van der Waals surface area contributed by atoms with Gasteiger partial charge in [-0.05, 0) is 24.5 Å². The van der Waals surface area contributed by atoms with E-state index >= 15 is 0 Å². The first-order chi connectivity index (χ1) is 13.0. The number of aliphatic imine (C=N–C) groups is 1. The van der Waals surface area contributed by atoms with E-state index in [0.717, 1.165) is 12.8 Å². The van der Waals surface area contributed by atoms with Crippen LogP contribution in [-0.2, 0) is 9.63 Å². The highest BCUT2D eigenvalue weighted by molar-refractivity contribution is 6.06. The summed E-state index contributed by atoms with van der Waals surface area (Å²) in [4.78, 5) is 23.6. The van der Waals surface area contributed by atoms with Crippen LogP contribution in [0.25, 0.3) is 0 Å². The number of amides is 1. The SMILES string of the molecule is CON([O-])c1ccccc1OCC1(CC2CCCCC2)N=C(N)N(C)C1=O. The van der Waals surface area contributed by atoms with Crippen molar-refractivity contribution < 1.29 is 14.4 Å². The van der Waals surface area contributed by atoms with E-state index < -0.39 is 5.54 Å². The van der Waals surface area contributed by atoms with E-state index in [-0.39, 0.29) is 24.2 Å². The lowest BCUT2D eigenvalue weighted by Gasteiger charge is -2.32. The molecule has 8 nitrogen and oxygen atoms in total.